The van der Waals surface area contributed by atoms with Gasteiger partial charge in [-0.2, -0.15) is 0 Å². The summed E-state index contributed by atoms with van der Waals surface area (Å²) < 4.78 is 1.87. The maximum absolute atomic E-state index is 12.0. The van der Waals surface area contributed by atoms with E-state index in [9.17, 15) is 4.79 Å². The first-order valence-electron chi connectivity index (χ1n) is 8.03. The molecule has 8 nitrogen and oxygen atoms in total. The molecule has 0 spiro atoms. The van der Waals surface area contributed by atoms with Crippen LogP contribution >= 0.6 is 11.3 Å². The summed E-state index contributed by atoms with van der Waals surface area (Å²) in [6.45, 7) is 2.40. The summed E-state index contributed by atoms with van der Waals surface area (Å²) in [7, 11) is 0. The van der Waals surface area contributed by atoms with Gasteiger partial charge in [-0.25, -0.2) is 14.5 Å². The van der Waals surface area contributed by atoms with Crippen LogP contribution in [0.2, 0.25) is 0 Å². The molecule has 0 aliphatic heterocycles. The minimum atomic E-state index is -0.249. The number of hydrogen-bond donors (Lipinski definition) is 2. The van der Waals surface area contributed by atoms with Crippen LogP contribution in [-0.4, -0.2) is 31.2 Å². The van der Waals surface area contributed by atoms with Gasteiger partial charge in [-0.05, 0) is 54.5 Å². The number of urea groups is 1. The second-order valence-electron chi connectivity index (χ2n) is 5.91. The maximum Gasteiger partial charge on any atom is 0.319 e. The fraction of sp³-hybridized carbons (Fsp3) is 0.312. The standard InChI is InChI=1S/C16H17N7OS/c1-10-17-8-14(25-10)9-18-16(24)19-12-4-2-11(3-5-12)15-20-21-22-23(15)13-6-7-13/h2-5,8,13H,6-7,9H2,1H3,(H2,18,19,24). The van der Waals surface area contributed by atoms with E-state index >= 15 is 0 Å². The Kier molecular flexibility index (Phi) is 4.14. The highest BCUT2D eigenvalue weighted by Gasteiger charge is 2.28. The maximum atomic E-state index is 12.0. The first-order chi connectivity index (χ1) is 12.2. The fourth-order valence-electron chi connectivity index (χ4n) is 2.48. The van der Waals surface area contributed by atoms with Crippen LogP contribution in [0.1, 0.15) is 28.8 Å². The van der Waals surface area contributed by atoms with E-state index in [0.717, 1.165) is 34.1 Å². The van der Waals surface area contributed by atoms with E-state index in [4.69, 9.17) is 0 Å². The lowest BCUT2D eigenvalue weighted by atomic mass is 10.2. The van der Waals surface area contributed by atoms with E-state index in [1.54, 1.807) is 17.5 Å². The topological polar surface area (TPSA) is 97.6 Å². The number of carbonyl (C=O) groups is 1. The number of aryl methyl sites for hydroxylation is 1. The number of hydrogen-bond acceptors (Lipinski definition) is 6. The molecule has 2 heterocycles. The van der Waals surface area contributed by atoms with E-state index in [0.29, 0.717) is 18.3 Å². The predicted molar refractivity (Wildman–Crippen MR) is 94.2 cm³/mol. The van der Waals surface area contributed by atoms with Gasteiger partial charge in [0.15, 0.2) is 5.82 Å². The Labute approximate surface area is 148 Å². The smallest absolute Gasteiger partial charge is 0.319 e. The number of nitrogens with one attached hydrogen (secondary N) is 2. The summed E-state index contributed by atoms with van der Waals surface area (Å²) in [6, 6.07) is 7.68. The number of benzene rings is 1. The number of rotatable bonds is 5. The van der Waals surface area contributed by atoms with Crippen LogP contribution in [0.5, 0.6) is 0 Å². The molecule has 0 unspecified atom stereocenters. The molecule has 1 aliphatic carbocycles. The van der Waals surface area contributed by atoms with Crippen molar-refractivity contribution in [2.75, 3.05) is 5.32 Å². The van der Waals surface area contributed by atoms with Gasteiger partial charge in [0.25, 0.3) is 0 Å². The van der Waals surface area contributed by atoms with Crippen LogP contribution in [-0.2, 0) is 6.54 Å². The molecule has 0 bridgehead atoms. The van der Waals surface area contributed by atoms with E-state index in [-0.39, 0.29) is 6.03 Å². The molecule has 3 aromatic rings. The highest BCUT2D eigenvalue weighted by Crippen LogP contribution is 2.36. The molecular weight excluding hydrogens is 338 g/mol. The summed E-state index contributed by atoms with van der Waals surface area (Å²) in [5, 5.41) is 18.5. The van der Waals surface area contributed by atoms with Gasteiger partial charge in [0.05, 0.1) is 17.6 Å². The fourth-order valence-corrected chi connectivity index (χ4v) is 3.22. The Morgan fingerprint density at radius 1 is 1.32 bits per heavy atom. The van der Waals surface area contributed by atoms with Crippen molar-refractivity contribution in [1.29, 1.82) is 0 Å². The zero-order valence-corrected chi connectivity index (χ0v) is 14.5. The third-order valence-corrected chi connectivity index (χ3v) is 4.79. The predicted octanol–water partition coefficient (Wildman–Crippen LogP) is 2.76. The Balaban J connectivity index is 1.36. The molecule has 4 rings (SSSR count). The van der Waals surface area contributed by atoms with Gasteiger partial charge in [0, 0.05) is 22.3 Å². The molecule has 0 saturated heterocycles. The van der Waals surface area contributed by atoms with Crippen molar-refractivity contribution in [1.82, 2.24) is 30.5 Å². The molecular formula is C16H17N7OS. The zero-order chi connectivity index (χ0) is 17.2. The summed E-state index contributed by atoms with van der Waals surface area (Å²) >= 11 is 1.57. The molecule has 1 saturated carbocycles. The normalized spacial score (nSPS) is 13.6. The average Bonchev–Trinajstić information content (AvgIpc) is 3.18. The van der Waals surface area contributed by atoms with E-state index in [1.165, 1.54) is 0 Å². The molecule has 2 N–H and O–H groups in total. The highest BCUT2D eigenvalue weighted by atomic mass is 32.1. The van der Waals surface area contributed by atoms with Gasteiger partial charge in [-0.3, -0.25) is 0 Å². The van der Waals surface area contributed by atoms with Crippen molar-refractivity contribution in [2.24, 2.45) is 0 Å². The van der Waals surface area contributed by atoms with Crippen LogP contribution in [0.15, 0.2) is 30.5 Å². The van der Waals surface area contributed by atoms with E-state index < -0.39 is 0 Å². The van der Waals surface area contributed by atoms with Crippen molar-refractivity contribution in [3.8, 4) is 11.4 Å². The van der Waals surface area contributed by atoms with Crippen LogP contribution in [0.4, 0.5) is 10.5 Å². The average molecular weight is 355 g/mol. The molecule has 0 radical (unpaired) electrons. The lowest BCUT2D eigenvalue weighted by Crippen LogP contribution is -2.27. The molecule has 1 aliphatic rings. The third-order valence-electron chi connectivity index (χ3n) is 3.88. The van der Waals surface area contributed by atoms with Crippen molar-refractivity contribution in [3.05, 3.63) is 40.3 Å². The van der Waals surface area contributed by atoms with Crippen LogP contribution in [0, 0.1) is 6.92 Å². The molecule has 128 valence electrons. The summed E-state index contributed by atoms with van der Waals surface area (Å²) in [4.78, 5) is 17.2. The molecule has 9 heteroatoms. The van der Waals surface area contributed by atoms with Crippen LogP contribution in [0.25, 0.3) is 11.4 Å². The van der Waals surface area contributed by atoms with E-state index in [1.807, 2.05) is 35.9 Å². The Hall–Kier alpha value is -2.81. The van der Waals surface area contributed by atoms with Gasteiger partial charge in [-0.15, -0.1) is 16.4 Å². The number of thiazole rings is 1. The lowest BCUT2D eigenvalue weighted by Gasteiger charge is -2.08. The number of anilines is 1. The second-order valence-corrected chi connectivity index (χ2v) is 7.23. The largest absolute Gasteiger partial charge is 0.333 e. The SMILES string of the molecule is Cc1ncc(CNC(=O)Nc2ccc(-c3nnnn3C3CC3)cc2)s1. The minimum absolute atomic E-state index is 0.249. The second kappa shape index (κ2) is 6.60. The van der Waals surface area contributed by atoms with Crippen molar-refractivity contribution < 1.29 is 4.79 Å². The number of nitrogens with zero attached hydrogens (tertiary/aromatic N) is 5. The Bertz CT molecular complexity index is 882. The van der Waals surface area contributed by atoms with Crippen LogP contribution in [0.3, 0.4) is 0 Å². The molecule has 1 aromatic carbocycles. The monoisotopic (exact) mass is 355 g/mol. The van der Waals surface area contributed by atoms with Gasteiger partial charge in [0.1, 0.15) is 0 Å². The molecule has 25 heavy (non-hydrogen) atoms. The Morgan fingerprint density at radius 2 is 2.12 bits per heavy atom. The molecule has 0 atom stereocenters. The van der Waals surface area contributed by atoms with Crippen molar-refractivity contribution in [2.45, 2.75) is 32.4 Å². The molecule has 2 amide bonds. The summed E-state index contributed by atoms with van der Waals surface area (Å²) in [5.74, 6) is 0.763. The quantitative estimate of drug-likeness (QED) is 0.733. The lowest BCUT2D eigenvalue weighted by molar-refractivity contribution is 0.252. The first-order valence-corrected chi connectivity index (χ1v) is 8.85. The zero-order valence-electron chi connectivity index (χ0n) is 13.6. The summed E-state index contributed by atoms with van der Waals surface area (Å²) in [5.41, 5.74) is 1.65. The number of tetrazole rings is 1. The molecule has 1 fully saturated rings. The molecule has 2 aromatic heterocycles. The van der Waals surface area contributed by atoms with Gasteiger partial charge in [0.2, 0.25) is 0 Å². The summed E-state index contributed by atoms with van der Waals surface area (Å²) in [6.07, 6.45) is 4.02. The number of amides is 2. The minimum Gasteiger partial charge on any atom is -0.333 e. The first kappa shape index (κ1) is 15.7. The Morgan fingerprint density at radius 3 is 2.80 bits per heavy atom. The van der Waals surface area contributed by atoms with Crippen molar-refractivity contribution in [3.63, 3.8) is 0 Å². The van der Waals surface area contributed by atoms with Gasteiger partial charge >= 0.3 is 6.03 Å². The van der Waals surface area contributed by atoms with E-state index in [2.05, 4.69) is 31.1 Å². The number of aromatic nitrogens is 5. The van der Waals surface area contributed by atoms with Gasteiger partial charge in [-0.1, -0.05) is 0 Å². The van der Waals surface area contributed by atoms with Crippen molar-refractivity contribution >= 4 is 23.1 Å². The third kappa shape index (κ3) is 3.66. The van der Waals surface area contributed by atoms with Crippen LogP contribution < -0.4 is 10.6 Å². The highest BCUT2D eigenvalue weighted by molar-refractivity contribution is 7.11. The van der Waals surface area contributed by atoms with Gasteiger partial charge < -0.3 is 10.6 Å². The number of carbonyl (C=O) groups excluding carboxylic acids is 1.